The zero-order chi connectivity index (χ0) is 13.7. The third kappa shape index (κ3) is 3.81. The van der Waals surface area contributed by atoms with Gasteiger partial charge in [-0.15, -0.1) is 0 Å². The molecule has 2 rings (SSSR count). The SMILES string of the molecule is OB(O)c1ccc(OCCc2ccccc2)cc1F. The monoisotopic (exact) mass is 260 g/mol. The van der Waals surface area contributed by atoms with Crippen LogP contribution in [-0.2, 0) is 6.42 Å². The van der Waals surface area contributed by atoms with E-state index in [0.29, 0.717) is 12.4 Å². The lowest BCUT2D eigenvalue weighted by Crippen LogP contribution is -2.32. The van der Waals surface area contributed by atoms with Crippen molar-refractivity contribution in [1.29, 1.82) is 0 Å². The molecule has 0 saturated carbocycles. The normalized spacial score (nSPS) is 10.3. The minimum atomic E-state index is -1.81. The average molecular weight is 260 g/mol. The molecule has 0 atom stereocenters. The number of rotatable bonds is 5. The fraction of sp³-hybridized carbons (Fsp3) is 0.143. The Morgan fingerprint density at radius 3 is 2.42 bits per heavy atom. The summed E-state index contributed by atoms with van der Waals surface area (Å²) in [6, 6.07) is 13.8. The molecule has 2 N–H and O–H groups in total. The summed E-state index contributed by atoms with van der Waals surface area (Å²) in [5.74, 6) is -0.315. The second-order valence-corrected chi connectivity index (χ2v) is 4.14. The lowest BCUT2D eigenvalue weighted by molar-refractivity contribution is 0.320. The van der Waals surface area contributed by atoms with Crippen LogP contribution in [0.5, 0.6) is 5.75 Å². The van der Waals surface area contributed by atoms with Crippen LogP contribution in [0.15, 0.2) is 48.5 Å². The standard InChI is InChI=1S/C14H14BFO3/c16-14-10-12(6-7-13(14)15(17)18)19-9-8-11-4-2-1-3-5-11/h1-7,10,17-18H,8-9H2. The third-order valence-corrected chi connectivity index (χ3v) is 2.75. The quantitative estimate of drug-likeness (QED) is 0.792. The van der Waals surface area contributed by atoms with Crippen LogP contribution in [0, 0.1) is 5.82 Å². The Morgan fingerprint density at radius 2 is 1.79 bits per heavy atom. The summed E-state index contributed by atoms with van der Waals surface area (Å²) >= 11 is 0. The van der Waals surface area contributed by atoms with Crippen molar-refractivity contribution < 1.29 is 19.2 Å². The molecule has 0 saturated heterocycles. The van der Waals surface area contributed by atoms with Crippen LogP contribution >= 0.6 is 0 Å². The van der Waals surface area contributed by atoms with Crippen LogP contribution in [-0.4, -0.2) is 23.8 Å². The zero-order valence-corrected chi connectivity index (χ0v) is 10.3. The summed E-state index contributed by atoms with van der Waals surface area (Å²) in [5.41, 5.74) is 0.987. The molecule has 2 aromatic carbocycles. The van der Waals surface area contributed by atoms with E-state index in [0.717, 1.165) is 18.1 Å². The summed E-state index contributed by atoms with van der Waals surface area (Å²) in [6.07, 6.45) is 0.729. The predicted molar refractivity (Wildman–Crippen MR) is 71.9 cm³/mol. The van der Waals surface area contributed by atoms with E-state index >= 15 is 0 Å². The lowest BCUT2D eigenvalue weighted by atomic mass is 9.80. The first-order chi connectivity index (χ1) is 9.16. The maximum atomic E-state index is 13.5. The fourth-order valence-electron chi connectivity index (χ4n) is 1.74. The van der Waals surface area contributed by atoms with Gasteiger partial charge in [-0.25, -0.2) is 4.39 Å². The van der Waals surface area contributed by atoms with E-state index in [1.807, 2.05) is 30.3 Å². The van der Waals surface area contributed by atoms with E-state index in [1.54, 1.807) is 0 Å². The highest BCUT2D eigenvalue weighted by molar-refractivity contribution is 6.58. The van der Waals surface area contributed by atoms with Gasteiger partial charge >= 0.3 is 7.12 Å². The topological polar surface area (TPSA) is 49.7 Å². The van der Waals surface area contributed by atoms with Crippen LogP contribution in [0.3, 0.4) is 0 Å². The molecule has 0 aromatic heterocycles. The van der Waals surface area contributed by atoms with Gasteiger partial charge in [0.2, 0.25) is 0 Å². The van der Waals surface area contributed by atoms with Gasteiger partial charge in [-0.3, -0.25) is 0 Å². The Kier molecular flexibility index (Phi) is 4.55. The molecule has 0 radical (unpaired) electrons. The zero-order valence-electron chi connectivity index (χ0n) is 10.3. The summed E-state index contributed by atoms with van der Waals surface area (Å²) in [6.45, 7) is 0.435. The molecule has 0 aliphatic carbocycles. The van der Waals surface area contributed by atoms with Gasteiger partial charge < -0.3 is 14.8 Å². The maximum absolute atomic E-state index is 13.5. The molecule has 0 bridgehead atoms. The summed E-state index contributed by atoms with van der Waals surface area (Å²) < 4.78 is 18.9. The summed E-state index contributed by atoms with van der Waals surface area (Å²) in [7, 11) is -1.81. The Labute approximate surface area is 111 Å². The minimum absolute atomic E-state index is 0.157. The van der Waals surface area contributed by atoms with Crippen molar-refractivity contribution >= 4 is 12.6 Å². The van der Waals surface area contributed by atoms with Gasteiger partial charge in [-0.2, -0.15) is 0 Å². The molecule has 0 aliphatic rings. The molecule has 0 spiro atoms. The molecule has 19 heavy (non-hydrogen) atoms. The van der Waals surface area contributed by atoms with Gasteiger partial charge in [-0.1, -0.05) is 36.4 Å². The highest BCUT2D eigenvalue weighted by atomic mass is 19.1. The van der Waals surface area contributed by atoms with Crippen LogP contribution in [0.4, 0.5) is 4.39 Å². The first kappa shape index (κ1) is 13.6. The van der Waals surface area contributed by atoms with Gasteiger partial charge in [-0.05, 0) is 11.6 Å². The Bertz CT molecular complexity index is 531. The first-order valence-electron chi connectivity index (χ1n) is 5.99. The number of hydrogen-bond acceptors (Lipinski definition) is 3. The van der Waals surface area contributed by atoms with Gasteiger partial charge in [0.1, 0.15) is 11.6 Å². The highest BCUT2D eigenvalue weighted by Crippen LogP contribution is 2.12. The number of benzene rings is 2. The second-order valence-electron chi connectivity index (χ2n) is 4.14. The molecule has 5 heteroatoms. The Hall–Kier alpha value is -1.85. The highest BCUT2D eigenvalue weighted by Gasteiger charge is 2.16. The van der Waals surface area contributed by atoms with Crippen molar-refractivity contribution in [2.45, 2.75) is 6.42 Å². The Morgan fingerprint density at radius 1 is 1.05 bits per heavy atom. The molecule has 0 fully saturated rings. The van der Waals surface area contributed by atoms with Gasteiger partial charge in [0.25, 0.3) is 0 Å². The number of ether oxygens (including phenoxy) is 1. The number of halogens is 1. The molecule has 0 unspecified atom stereocenters. The summed E-state index contributed by atoms with van der Waals surface area (Å²) in [4.78, 5) is 0. The van der Waals surface area contributed by atoms with E-state index in [1.165, 1.54) is 12.1 Å². The predicted octanol–water partition coefficient (Wildman–Crippen LogP) is 1.13. The van der Waals surface area contributed by atoms with Gasteiger partial charge in [0.15, 0.2) is 0 Å². The van der Waals surface area contributed by atoms with Crippen LogP contribution in [0.2, 0.25) is 0 Å². The summed E-state index contributed by atoms with van der Waals surface area (Å²) in [5, 5.41) is 17.8. The molecule has 0 amide bonds. The van der Waals surface area contributed by atoms with E-state index in [-0.39, 0.29) is 5.46 Å². The van der Waals surface area contributed by atoms with E-state index in [4.69, 9.17) is 14.8 Å². The molecular weight excluding hydrogens is 246 g/mol. The van der Waals surface area contributed by atoms with Crippen molar-refractivity contribution in [1.82, 2.24) is 0 Å². The van der Waals surface area contributed by atoms with Crippen LogP contribution in [0.25, 0.3) is 0 Å². The molecule has 0 aliphatic heterocycles. The van der Waals surface area contributed by atoms with Crippen LogP contribution < -0.4 is 10.2 Å². The third-order valence-electron chi connectivity index (χ3n) is 2.75. The number of hydrogen-bond donors (Lipinski definition) is 2. The largest absolute Gasteiger partial charge is 0.493 e. The van der Waals surface area contributed by atoms with Crippen molar-refractivity contribution in [2.75, 3.05) is 6.61 Å². The van der Waals surface area contributed by atoms with E-state index < -0.39 is 12.9 Å². The van der Waals surface area contributed by atoms with Crippen molar-refractivity contribution in [3.63, 3.8) is 0 Å². The minimum Gasteiger partial charge on any atom is -0.493 e. The molecule has 98 valence electrons. The van der Waals surface area contributed by atoms with Crippen molar-refractivity contribution in [3.8, 4) is 5.75 Å². The van der Waals surface area contributed by atoms with E-state index in [2.05, 4.69) is 0 Å². The van der Waals surface area contributed by atoms with E-state index in [9.17, 15) is 4.39 Å². The van der Waals surface area contributed by atoms with Crippen LogP contribution in [0.1, 0.15) is 5.56 Å². The molecular formula is C14H14BFO3. The second kappa shape index (κ2) is 6.36. The van der Waals surface area contributed by atoms with Gasteiger partial charge in [0.05, 0.1) is 6.61 Å². The molecule has 0 heterocycles. The smallest absolute Gasteiger partial charge is 0.491 e. The Balaban J connectivity index is 1.92. The van der Waals surface area contributed by atoms with Gasteiger partial charge in [0, 0.05) is 17.9 Å². The van der Waals surface area contributed by atoms with Crippen molar-refractivity contribution in [3.05, 3.63) is 59.9 Å². The molecule has 3 nitrogen and oxygen atoms in total. The maximum Gasteiger partial charge on any atom is 0.491 e. The fourth-order valence-corrected chi connectivity index (χ4v) is 1.74. The van der Waals surface area contributed by atoms with Crippen molar-refractivity contribution in [2.24, 2.45) is 0 Å². The first-order valence-corrected chi connectivity index (χ1v) is 5.99. The lowest BCUT2D eigenvalue weighted by Gasteiger charge is -2.08. The average Bonchev–Trinajstić information content (AvgIpc) is 2.39. The molecule has 2 aromatic rings.